The molecule has 0 spiro atoms. The molecule has 0 radical (unpaired) electrons. The molecule has 5 nitrogen and oxygen atoms in total. The summed E-state index contributed by atoms with van der Waals surface area (Å²) >= 11 is 0. The van der Waals surface area contributed by atoms with Gasteiger partial charge in [0.1, 0.15) is 5.76 Å². The highest BCUT2D eigenvalue weighted by Crippen LogP contribution is 2.15. The molecule has 0 bridgehead atoms. The molecular formula is C15H16N2O3S. The van der Waals surface area contributed by atoms with E-state index in [0.717, 1.165) is 5.56 Å². The quantitative estimate of drug-likeness (QED) is 0.787. The van der Waals surface area contributed by atoms with Crippen LogP contribution in [-0.4, -0.2) is 19.3 Å². The Hall–Kier alpha value is -2.10. The number of benzene rings is 1. The van der Waals surface area contributed by atoms with Crippen molar-refractivity contribution in [3.63, 3.8) is 0 Å². The summed E-state index contributed by atoms with van der Waals surface area (Å²) in [7, 11) is -3.50. The van der Waals surface area contributed by atoms with Gasteiger partial charge < -0.3 is 4.42 Å². The Labute approximate surface area is 124 Å². The summed E-state index contributed by atoms with van der Waals surface area (Å²) in [5, 5.41) is 8.70. The van der Waals surface area contributed by atoms with Crippen LogP contribution in [0.15, 0.2) is 53.1 Å². The Kier molecular flexibility index (Phi) is 5.14. The molecule has 0 saturated heterocycles. The SMILES string of the molecule is N#CCCN(Cc1ccco1)S(=O)(=O)Cc1ccccc1. The molecule has 0 atom stereocenters. The largest absolute Gasteiger partial charge is 0.468 e. The van der Waals surface area contributed by atoms with Gasteiger partial charge in [0.05, 0.1) is 24.6 Å². The zero-order chi connectivity index (χ0) is 15.1. The maximum absolute atomic E-state index is 12.5. The van der Waals surface area contributed by atoms with E-state index < -0.39 is 10.0 Å². The predicted octanol–water partition coefficient (Wildman–Crippen LogP) is 2.53. The van der Waals surface area contributed by atoms with Crippen LogP contribution in [0.4, 0.5) is 0 Å². The summed E-state index contributed by atoms with van der Waals surface area (Å²) in [5.41, 5.74) is 0.721. The number of nitriles is 1. The van der Waals surface area contributed by atoms with Crippen molar-refractivity contribution in [2.24, 2.45) is 0 Å². The molecule has 1 heterocycles. The van der Waals surface area contributed by atoms with Crippen molar-refractivity contribution in [2.45, 2.75) is 18.7 Å². The summed E-state index contributed by atoms with van der Waals surface area (Å²) in [5.74, 6) is 0.476. The molecule has 0 saturated carbocycles. The van der Waals surface area contributed by atoms with Crippen molar-refractivity contribution < 1.29 is 12.8 Å². The number of hydrogen-bond donors (Lipinski definition) is 0. The van der Waals surface area contributed by atoms with E-state index in [-0.39, 0.29) is 25.3 Å². The first-order chi connectivity index (χ1) is 10.1. The summed E-state index contributed by atoms with van der Waals surface area (Å²) in [6.45, 7) is 0.302. The highest BCUT2D eigenvalue weighted by Gasteiger charge is 2.23. The maximum atomic E-state index is 12.5. The van der Waals surface area contributed by atoms with Crippen LogP contribution in [0.2, 0.25) is 0 Å². The van der Waals surface area contributed by atoms with Crippen LogP contribution in [0.3, 0.4) is 0 Å². The van der Waals surface area contributed by atoms with Crippen molar-refractivity contribution in [3.05, 3.63) is 60.1 Å². The van der Waals surface area contributed by atoms with Gasteiger partial charge in [-0.05, 0) is 17.7 Å². The van der Waals surface area contributed by atoms with E-state index in [4.69, 9.17) is 9.68 Å². The minimum atomic E-state index is -3.50. The van der Waals surface area contributed by atoms with Gasteiger partial charge in [0, 0.05) is 13.0 Å². The van der Waals surface area contributed by atoms with Crippen molar-refractivity contribution in [3.8, 4) is 6.07 Å². The number of rotatable bonds is 7. The van der Waals surface area contributed by atoms with Crippen molar-refractivity contribution in [2.75, 3.05) is 6.54 Å². The number of furan rings is 1. The Bertz CT molecular complexity index is 688. The topological polar surface area (TPSA) is 74.3 Å². The number of nitrogens with zero attached hydrogens (tertiary/aromatic N) is 2. The van der Waals surface area contributed by atoms with E-state index >= 15 is 0 Å². The highest BCUT2D eigenvalue weighted by molar-refractivity contribution is 7.88. The molecule has 110 valence electrons. The second-order valence-corrected chi connectivity index (χ2v) is 6.53. The minimum Gasteiger partial charge on any atom is -0.468 e. The third-order valence-electron chi connectivity index (χ3n) is 2.97. The Morgan fingerprint density at radius 3 is 2.52 bits per heavy atom. The van der Waals surface area contributed by atoms with Gasteiger partial charge in [0.25, 0.3) is 0 Å². The minimum absolute atomic E-state index is 0.0834. The lowest BCUT2D eigenvalue weighted by Crippen LogP contribution is -2.32. The lowest BCUT2D eigenvalue weighted by molar-refractivity contribution is 0.368. The molecular weight excluding hydrogens is 288 g/mol. The molecule has 2 aromatic rings. The molecule has 1 aromatic carbocycles. The van der Waals surface area contributed by atoms with Crippen LogP contribution in [0.5, 0.6) is 0 Å². The summed E-state index contributed by atoms with van der Waals surface area (Å²) < 4.78 is 31.5. The monoisotopic (exact) mass is 304 g/mol. The smallest absolute Gasteiger partial charge is 0.218 e. The van der Waals surface area contributed by atoms with E-state index in [1.807, 2.05) is 12.1 Å². The van der Waals surface area contributed by atoms with Crippen molar-refractivity contribution in [1.82, 2.24) is 4.31 Å². The van der Waals surface area contributed by atoms with Gasteiger partial charge in [-0.25, -0.2) is 8.42 Å². The van der Waals surface area contributed by atoms with Gasteiger partial charge in [-0.15, -0.1) is 0 Å². The van der Waals surface area contributed by atoms with E-state index in [1.54, 1.807) is 36.4 Å². The van der Waals surface area contributed by atoms with Gasteiger partial charge in [-0.1, -0.05) is 30.3 Å². The lowest BCUT2D eigenvalue weighted by Gasteiger charge is -2.20. The first kappa shape index (κ1) is 15.3. The second kappa shape index (κ2) is 7.07. The first-order valence-electron chi connectivity index (χ1n) is 6.53. The van der Waals surface area contributed by atoms with E-state index in [2.05, 4.69) is 0 Å². The fraction of sp³-hybridized carbons (Fsp3) is 0.267. The van der Waals surface area contributed by atoms with Crippen molar-refractivity contribution >= 4 is 10.0 Å². The normalized spacial score (nSPS) is 11.4. The second-order valence-electron chi connectivity index (χ2n) is 4.56. The molecule has 0 aliphatic carbocycles. The van der Waals surface area contributed by atoms with Crippen LogP contribution in [0.1, 0.15) is 17.7 Å². The van der Waals surface area contributed by atoms with Gasteiger partial charge in [-0.3, -0.25) is 0 Å². The van der Waals surface area contributed by atoms with Gasteiger partial charge in [0.2, 0.25) is 10.0 Å². The van der Waals surface area contributed by atoms with Crippen LogP contribution in [0.25, 0.3) is 0 Å². The maximum Gasteiger partial charge on any atom is 0.218 e. The zero-order valence-electron chi connectivity index (χ0n) is 11.5. The molecule has 21 heavy (non-hydrogen) atoms. The van der Waals surface area contributed by atoms with Crippen LogP contribution < -0.4 is 0 Å². The molecule has 2 rings (SSSR count). The summed E-state index contributed by atoms with van der Waals surface area (Å²) in [6, 6.07) is 14.4. The van der Waals surface area contributed by atoms with E-state index in [9.17, 15) is 8.42 Å². The first-order valence-corrected chi connectivity index (χ1v) is 8.14. The third kappa shape index (κ3) is 4.45. The Balaban J connectivity index is 2.16. The molecule has 0 unspecified atom stereocenters. The third-order valence-corrected chi connectivity index (χ3v) is 4.77. The van der Waals surface area contributed by atoms with Gasteiger partial charge in [-0.2, -0.15) is 9.57 Å². The van der Waals surface area contributed by atoms with E-state index in [1.165, 1.54) is 10.6 Å². The molecule has 0 fully saturated rings. The average Bonchev–Trinajstić information content (AvgIpc) is 2.97. The fourth-order valence-electron chi connectivity index (χ4n) is 1.94. The molecule has 1 aromatic heterocycles. The molecule has 0 amide bonds. The van der Waals surface area contributed by atoms with Gasteiger partial charge in [0.15, 0.2) is 0 Å². The summed E-state index contributed by atoms with van der Waals surface area (Å²) in [4.78, 5) is 0. The zero-order valence-corrected chi connectivity index (χ0v) is 12.3. The predicted molar refractivity (Wildman–Crippen MR) is 78.4 cm³/mol. The van der Waals surface area contributed by atoms with Crippen LogP contribution in [-0.2, 0) is 22.3 Å². The van der Waals surface area contributed by atoms with Gasteiger partial charge >= 0.3 is 0 Å². The molecule has 6 heteroatoms. The number of hydrogen-bond acceptors (Lipinski definition) is 4. The van der Waals surface area contributed by atoms with Crippen LogP contribution in [0, 0.1) is 11.3 Å². The number of sulfonamides is 1. The standard InChI is InChI=1S/C15H16N2O3S/c16-9-5-10-17(12-15-8-4-11-20-15)21(18,19)13-14-6-2-1-3-7-14/h1-4,6-8,11H,5,10,12-13H2. The fourth-order valence-corrected chi connectivity index (χ4v) is 3.43. The lowest BCUT2D eigenvalue weighted by atomic mass is 10.2. The van der Waals surface area contributed by atoms with Crippen molar-refractivity contribution in [1.29, 1.82) is 5.26 Å². The summed E-state index contributed by atoms with van der Waals surface area (Å²) in [6.07, 6.45) is 1.65. The highest BCUT2D eigenvalue weighted by atomic mass is 32.2. The van der Waals surface area contributed by atoms with E-state index in [0.29, 0.717) is 5.76 Å². The Morgan fingerprint density at radius 2 is 1.90 bits per heavy atom. The molecule has 0 aliphatic heterocycles. The Morgan fingerprint density at radius 1 is 1.14 bits per heavy atom. The van der Waals surface area contributed by atoms with Crippen LogP contribution >= 0.6 is 0 Å². The molecule has 0 N–H and O–H groups in total. The molecule has 0 aliphatic rings. The average molecular weight is 304 g/mol.